The molecule has 0 saturated heterocycles. The first kappa shape index (κ1) is 20.0. The summed E-state index contributed by atoms with van der Waals surface area (Å²) in [5, 5.41) is 5.30. The summed E-state index contributed by atoms with van der Waals surface area (Å²) in [5.41, 5.74) is 1.53. The number of rotatable bonds is 8. The first-order valence-electron chi connectivity index (χ1n) is 9.08. The molecule has 2 amide bonds. The Labute approximate surface area is 164 Å². The summed E-state index contributed by atoms with van der Waals surface area (Å²) >= 11 is 0. The maximum atomic E-state index is 12.4. The summed E-state index contributed by atoms with van der Waals surface area (Å²) in [6.45, 7) is 0.654. The summed E-state index contributed by atoms with van der Waals surface area (Å²) in [7, 11) is -2.08. The van der Waals surface area contributed by atoms with Crippen LogP contribution in [0, 0.1) is 5.92 Å². The minimum Gasteiger partial charge on any atom is -0.355 e. The lowest BCUT2D eigenvalue weighted by atomic mass is 10.1. The number of benzene rings is 2. The lowest BCUT2D eigenvalue weighted by molar-refractivity contribution is 0.0948. The van der Waals surface area contributed by atoms with Gasteiger partial charge in [-0.3, -0.25) is 9.59 Å². The van der Waals surface area contributed by atoms with Crippen molar-refractivity contribution >= 4 is 21.8 Å². The van der Waals surface area contributed by atoms with Gasteiger partial charge in [0.15, 0.2) is 0 Å². The molecule has 3 rings (SSSR count). The maximum absolute atomic E-state index is 12.4. The van der Waals surface area contributed by atoms with Crippen LogP contribution in [0.15, 0.2) is 53.4 Å². The van der Waals surface area contributed by atoms with Gasteiger partial charge in [0, 0.05) is 31.3 Å². The second-order valence-corrected chi connectivity index (χ2v) is 8.55. The Hall–Kier alpha value is -2.71. The first-order valence-corrected chi connectivity index (χ1v) is 10.6. The van der Waals surface area contributed by atoms with Gasteiger partial charge in [-0.2, -0.15) is 0 Å². The van der Waals surface area contributed by atoms with Crippen LogP contribution in [0.25, 0.3) is 0 Å². The van der Waals surface area contributed by atoms with E-state index in [1.165, 1.54) is 12.1 Å². The lowest BCUT2D eigenvalue weighted by Gasteiger charge is -2.09. The maximum Gasteiger partial charge on any atom is 0.251 e. The van der Waals surface area contributed by atoms with Gasteiger partial charge < -0.3 is 10.6 Å². The molecule has 28 heavy (non-hydrogen) atoms. The smallest absolute Gasteiger partial charge is 0.251 e. The second kappa shape index (κ2) is 8.53. The molecule has 0 radical (unpaired) electrons. The summed E-state index contributed by atoms with van der Waals surface area (Å²) in [5.74, 6) is -0.166. The highest BCUT2D eigenvalue weighted by Gasteiger charge is 2.24. The number of nitrogens with one attached hydrogen (secondary N) is 3. The number of hydrogen-bond acceptors (Lipinski definition) is 4. The summed E-state index contributed by atoms with van der Waals surface area (Å²) in [6.07, 6.45) is 2.10. The van der Waals surface area contributed by atoms with Crippen molar-refractivity contribution in [2.45, 2.75) is 24.3 Å². The van der Waals surface area contributed by atoms with Crippen molar-refractivity contribution in [2.24, 2.45) is 5.92 Å². The number of carbonyl (C=O) groups is 2. The molecule has 8 heteroatoms. The quantitative estimate of drug-likeness (QED) is 0.626. The Morgan fingerprint density at radius 2 is 1.68 bits per heavy atom. The predicted octanol–water partition coefficient (Wildman–Crippen LogP) is 1.66. The molecule has 0 bridgehead atoms. The van der Waals surface area contributed by atoms with E-state index < -0.39 is 10.0 Å². The molecule has 1 saturated carbocycles. The van der Waals surface area contributed by atoms with E-state index in [9.17, 15) is 18.0 Å². The molecule has 1 fully saturated rings. The van der Waals surface area contributed by atoms with E-state index in [2.05, 4.69) is 15.4 Å². The monoisotopic (exact) mass is 401 g/mol. The summed E-state index contributed by atoms with van der Waals surface area (Å²) in [6, 6.07) is 12.9. The number of hydrogen-bond donors (Lipinski definition) is 3. The van der Waals surface area contributed by atoms with E-state index in [-0.39, 0.29) is 28.8 Å². The van der Waals surface area contributed by atoms with Gasteiger partial charge in [-0.25, -0.2) is 13.1 Å². The molecular formula is C20H23N3O4S. The molecule has 0 atom stereocenters. The van der Waals surface area contributed by atoms with Gasteiger partial charge in [-0.05, 0) is 54.7 Å². The fourth-order valence-electron chi connectivity index (χ4n) is 2.69. The van der Waals surface area contributed by atoms with E-state index in [1.807, 2.05) is 0 Å². The van der Waals surface area contributed by atoms with Gasteiger partial charge in [0.05, 0.1) is 4.90 Å². The molecule has 0 unspecified atom stereocenters. The highest BCUT2D eigenvalue weighted by Crippen LogP contribution is 2.28. The molecule has 0 aliphatic heterocycles. The largest absolute Gasteiger partial charge is 0.355 e. The second-order valence-electron chi connectivity index (χ2n) is 6.79. The summed E-state index contributed by atoms with van der Waals surface area (Å²) in [4.78, 5) is 24.2. The van der Waals surface area contributed by atoms with Crippen molar-refractivity contribution in [1.29, 1.82) is 0 Å². The fourth-order valence-corrected chi connectivity index (χ4v) is 3.85. The third-order valence-electron chi connectivity index (χ3n) is 4.53. The van der Waals surface area contributed by atoms with Crippen LogP contribution in [-0.4, -0.2) is 33.8 Å². The molecule has 7 nitrogen and oxygen atoms in total. The van der Waals surface area contributed by atoms with E-state index in [4.69, 9.17) is 0 Å². The normalized spacial score (nSPS) is 13.8. The van der Waals surface area contributed by atoms with E-state index >= 15 is 0 Å². The van der Waals surface area contributed by atoms with Gasteiger partial charge in [-0.15, -0.1) is 0 Å². The van der Waals surface area contributed by atoms with Crippen LogP contribution < -0.4 is 15.4 Å². The zero-order valence-corrected chi connectivity index (χ0v) is 16.4. The third kappa shape index (κ3) is 5.17. The van der Waals surface area contributed by atoms with Crippen LogP contribution in [-0.2, 0) is 16.6 Å². The molecule has 148 valence electrons. The van der Waals surface area contributed by atoms with Crippen LogP contribution in [0.2, 0.25) is 0 Å². The van der Waals surface area contributed by atoms with Crippen molar-refractivity contribution in [2.75, 3.05) is 13.6 Å². The highest BCUT2D eigenvalue weighted by molar-refractivity contribution is 7.89. The van der Waals surface area contributed by atoms with Gasteiger partial charge in [0.2, 0.25) is 10.0 Å². The van der Waals surface area contributed by atoms with Gasteiger partial charge in [0.25, 0.3) is 11.8 Å². The van der Waals surface area contributed by atoms with Gasteiger partial charge >= 0.3 is 0 Å². The Kier molecular flexibility index (Phi) is 6.11. The number of sulfonamides is 1. The number of carbonyl (C=O) groups excluding carboxylic acids is 2. The molecular weight excluding hydrogens is 378 g/mol. The Balaban J connectivity index is 1.65. The van der Waals surface area contributed by atoms with Crippen LogP contribution in [0.3, 0.4) is 0 Å². The molecule has 2 aromatic rings. The molecule has 1 aliphatic rings. The zero-order valence-electron chi connectivity index (χ0n) is 15.6. The highest BCUT2D eigenvalue weighted by atomic mass is 32.2. The van der Waals surface area contributed by atoms with Crippen LogP contribution in [0.1, 0.15) is 39.1 Å². The van der Waals surface area contributed by atoms with E-state index in [0.29, 0.717) is 18.0 Å². The predicted molar refractivity (Wildman–Crippen MR) is 105 cm³/mol. The Morgan fingerprint density at radius 1 is 1.00 bits per heavy atom. The minimum atomic E-state index is -3.63. The Morgan fingerprint density at radius 3 is 2.36 bits per heavy atom. The van der Waals surface area contributed by atoms with E-state index in [1.54, 1.807) is 43.4 Å². The SMILES string of the molecule is CNC(=O)c1cccc(CNC(=O)c2cccc(S(=O)(=O)NCC3CC3)c2)c1. The third-order valence-corrected chi connectivity index (χ3v) is 5.96. The number of amides is 2. The van der Waals surface area contributed by atoms with Gasteiger partial charge in [-0.1, -0.05) is 18.2 Å². The molecule has 0 heterocycles. The molecule has 0 spiro atoms. The first-order chi connectivity index (χ1) is 13.4. The van der Waals surface area contributed by atoms with Crippen molar-refractivity contribution in [3.8, 4) is 0 Å². The summed E-state index contributed by atoms with van der Waals surface area (Å²) < 4.78 is 27.3. The standard InChI is InChI=1S/C20H23N3O4S/c1-21-19(24)16-5-2-4-15(10-16)12-22-20(25)17-6-3-7-18(11-17)28(26,27)23-13-14-8-9-14/h2-7,10-11,14,23H,8-9,12-13H2,1H3,(H,21,24)(H,22,25). The van der Waals surface area contributed by atoms with Crippen LogP contribution >= 0.6 is 0 Å². The average Bonchev–Trinajstić information content (AvgIpc) is 3.55. The van der Waals surface area contributed by atoms with Crippen molar-refractivity contribution in [3.05, 3.63) is 65.2 Å². The minimum absolute atomic E-state index is 0.0717. The fraction of sp³-hybridized carbons (Fsp3) is 0.300. The van der Waals surface area contributed by atoms with Crippen molar-refractivity contribution in [1.82, 2.24) is 15.4 Å². The van der Waals surface area contributed by atoms with Crippen LogP contribution in [0.5, 0.6) is 0 Å². The molecule has 3 N–H and O–H groups in total. The van der Waals surface area contributed by atoms with Crippen LogP contribution in [0.4, 0.5) is 0 Å². The van der Waals surface area contributed by atoms with Crippen molar-refractivity contribution < 1.29 is 18.0 Å². The molecule has 0 aromatic heterocycles. The van der Waals surface area contributed by atoms with Crippen molar-refractivity contribution in [3.63, 3.8) is 0 Å². The Bertz CT molecular complexity index is 984. The van der Waals surface area contributed by atoms with Gasteiger partial charge in [0.1, 0.15) is 0 Å². The molecule has 2 aromatic carbocycles. The van der Waals surface area contributed by atoms with E-state index in [0.717, 1.165) is 18.4 Å². The zero-order chi connectivity index (χ0) is 20.1. The molecule has 1 aliphatic carbocycles. The topological polar surface area (TPSA) is 104 Å². The lowest BCUT2D eigenvalue weighted by Crippen LogP contribution is -2.27. The average molecular weight is 401 g/mol.